The Hall–Kier alpha value is -2.47. The van der Waals surface area contributed by atoms with E-state index in [4.69, 9.17) is 5.11 Å². The van der Waals surface area contributed by atoms with Gasteiger partial charge in [-0.1, -0.05) is 36.9 Å². The second-order valence-corrected chi connectivity index (χ2v) is 4.49. The van der Waals surface area contributed by atoms with Crippen molar-refractivity contribution >= 4 is 18.2 Å². The predicted molar refractivity (Wildman–Crippen MR) is 75.8 cm³/mol. The summed E-state index contributed by atoms with van der Waals surface area (Å²) in [6.07, 6.45) is -1.01. The number of ketones is 1. The summed E-state index contributed by atoms with van der Waals surface area (Å²) in [5.74, 6) is -1.50. The maximum atomic E-state index is 11.9. The second-order valence-electron chi connectivity index (χ2n) is 4.49. The van der Waals surface area contributed by atoms with Crippen molar-refractivity contribution in [3.63, 3.8) is 0 Å². The summed E-state index contributed by atoms with van der Waals surface area (Å²) in [7, 11) is 0. The van der Waals surface area contributed by atoms with Gasteiger partial charge in [-0.25, -0.2) is 4.79 Å². The average molecular weight is 291 g/mol. The number of carbonyl (C=O) groups is 3. The molecule has 1 rings (SSSR count). The van der Waals surface area contributed by atoms with Crippen LogP contribution in [0.2, 0.25) is 0 Å². The number of hydrogen-bond donors (Lipinski definition) is 3. The number of rotatable bonds is 9. The molecule has 0 heterocycles. The molecule has 112 valence electrons. The Morgan fingerprint density at radius 2 is 1.86 bits per heavy atom. The van der Waals surface area contributed by atoms with E-state index in [0.717, 1.165) is 0 Å². The van der Waals surface area contributed by atoms with E-state index in [9.17, 15) is 19.5 Å². The fourth-order valence-corrected chi connectivity index (χ4v) is 1.80. The summed E-state index contributed by atoms with van der Waals surface area (Å²) < 4.78 is 0. The van der Waals surface area contributed by atoms with E-state index in [-0.39, 0.29) is 30.6 Å². The van der Waals surface area contributed by atoms with E-state index < -0.39 is 18.1 Å². The normalized spacial score (nSPS) is 13.0. The van der Waals surface area contributed by atoms with Crippen LogP contribution in [-0.2, 0) is 9.59 Å². The SMILES string of the molecule is C=C(CCC(=O)c1ccccc1)C(O)C(NC=O)C(=O)O. The third-order valence-corrected chi connectivity index (χ3v) is 3.02. The minimum Gasteiger partial charge on any atom is -0.480 e. The largest absolute Gasteiger partial charge is 0.480 e. The molecule has 0 radical (unpaired) electrons. The van der Waals surface area contributed by atoms with Crippen LogP contribution < -0.4 is 5.32 Å². The Labute approximate surface area is 122 Å². The first kappa shape index (κ1) is 16.6. The molecule has 0 bridgehead atoms. The van der Waals surface area contributed by atoms with Crippen LogP contribution in [0.1, 0.15) is 23.2 Å². The number of aliphatic hydroxyl groups excluding tert-OH is 1. The summed E-state index contributed by atoms with van der Waals surface area (Å²) in [5, 5.41) is 20.7. The zero-order valence-electron chi connectivity index (χ0n) is 11.4. The van der Waals surface area contributed by atoms with Gasteiger partial charge in [0.25, 0.3) is 0 Å². The van der Waals surface area contributed by atoms with Crippen molar-refractivity contribution in [3.05, 3.63) is 48.0 Å². The van der Waals surface area contributed by atoms with Gasteiger partial charge in [-0.15, -0.1) is 0 Å². The van der Waals surface area contributed by atoms with Gasteiger partial charge in [-0.05, 0) is 12.0 Å². The molecule has 0 saturated heterocycles. The molecule has 1 aromatic rings. The maximum absolute atomic E-state index is 11.9. The molecule has 0 saturated carbocycles. The molecule has 3 N–H and O–H groups in total. The molecule has 21 heavy (non-hydrogen) atoms. The van der Waals surface area contributed by atoms with Gasteiger partial charge in [0.05, 0.1) is 0 Å². The van der Waals surface area contributed by atoms with Crippen LogP contribution >= 0.6 is 0 Å². The van der Waals surface area contributed by atoms with E-state index in [2.05, 4.69) is 6.58 Å². The highest BCUT2D eigenvalue weighted by molar-refractivity contribution is 5.96. The number of carbonyl (C=O) groups excluding carboxylic acids is 2. The van der Waals surface area contributed by atoms with Crippen LogP contribution in [0.3, 0.4) is 0 Å². The van der Waals surface area contributed by atoms with Gasteiger partial charge >= 0.3 is 5.97 Å². The van der Waals surface area contributed by atoms with Crippen molar-refractivity contribution in [2.45, 2.75) is 25.0 Å². The molecular weight excluding hydrogens is 274 g/mol. The number of carboxylic acid groups (broad SMARTS) is 1. The molecular formula is C15H17NO5. The number of benzene rings is 1. The zero-order valence-corrected chi connectivity index (χ0v) is 11.4. The number of carboxylic acids is 1. The van der Waals surface area contributed by atoms with Gasteiger partial charge in [-0.2, -0.15) is 0 Å². The minimum absolute atomic E-state index is 0.104. The molecule has 1 aromatic carbocycles. The lowest BCUT2D eigenvalue weighted by Gasteiger charge is -2.20. The lowest BCUT2D eigenvalue weighted by molar-refractivity contribution is -0.143. The molecule has 0 fully saturated rings. The number of aliphatic carboxylic acids is 1. The summed E-state index contributed by atoms with van der Waals surface area (Å²) in [6, 6.07) is 7.16. The summed E-state index contributed by atoms with van der Waals surface area (Å²) in [4.78, 5) is 33.1. The number of amides is 1. The van der Waals surface area contributed by atoms with Gasteiger partial charge < -0.3 is 15.5 Å². The van der Waals surface area contributed by atoms with Crippen molar-refractivity contribution in [2.24, 2.45) is 0 Å². The Morgan fingerprint density at radius 1 is 1.24 bits per heavy atom. The maximum Gasteiger partial charge on any atom is 0.329 e. The Morgan fingerprint density at radius 3 is 2.38 bits per heavy atom. The summed E-state index contributed by atoms with van der Waals surface area (Å²) in [5.41, 5.74) is 0.724. The van der Waals surface area contributed by atoms with Gasteiger partial charge in [0, 0.05) is 12.0 Å². The van der Waals surface area contributed by atoms with Gasteiger partial charge in [0.2, 0.25) is 6.41 Å². The van der Waals surface area contributed by atoms with Crippen LogP contribution in [0.25, 0.3) is 0 Å². The molecule has 6 heteroatoms. The smallest absolute Gasteiger partial charge is 0.329 e. The minimum atomic E-state index is -1.47. The van der Waals surface area contributed by atoms with E-state index in [1.54, 1.807) is 30.3 Å². The lowest BCUT2D eigenvalue weighted by Crippen LogP contribution is -2.46. The molecule has 6 nitrogen and oxygen atoms in total. The van der Waals surface area contributed by atoms with Crippen LogP contribution in [0.4, 0.5) is 0 Å². The fraction of sp³-hybridized carbons (Fsp3) is 0.267. The van der Waals surface area contributed by atoms with Crippen molar-refractivity contribution in [2.75, 3.05) is 0 Å². The van der Waals surface area contributed by atoms with Gasteiger partial charge in [-0.3, -0.25) is 9.59 Å². The first-order valence-electron chi connectivity index (χ1n) is 6.34. The second kappa shape index (κ2) is 7.96. The average Bonchev–Trinajstić information content (AvgIpc) is 2.49. The third kappa shape index (κ3) is 4.85. The van der Waals surface area contributed by atoms with Crippen LogP contribution in [0.5, 0.6) is 0 Å². The van der Waals surface area contributed by atoms with Crippen molar-refractivity contribution < 1.29 is 24.6 Å². The predicted octanol–water partition coefficient (Wildman–Crippen LogP) is 0.766. The van der Waals surface area contributed by atoms with Crippen molar-refractivity contribution in [1.29, 1.82) is 0 Å². The number of Topliss-reactive ketones (excluding diaryl/α,β-unsaturated/α-hetero) is 1. The number of hydrogen-bond acceptors (Lipinski definition) is 4. The topological polar surface area (TPSA) is 104 Å². The Bertz CT molecular complexity index is 526. The van der Waals surface area contributed by atoms with E-state index in [1.807, 2.05) is 5.32 Å². The van der Waals surface area contributed by atoms with Gasteiger partial charge in [0.1, 0.15) is 6.10 Å². The molecule has 1 amide bonds. The monoisotopic (exact) mass is 291 g/mol. The van der Waals surface area contributed by atoms with Crippen molar-refractivity contribution in [3.8, 4) is 0 Å². The van der Waals surface area contributed by atoms with Crippen molar-refractivity contribution in [1.82, 2.24) is 5.32 Å². The Kier molecular flexibility index (Phi) is 6.29. The Balaban J connectivity index is 2.58. The lowest BCUT2D eigenvalue weighted by atomic mass is 9.97. The molecule has 0 aliphatic carbocycles. The highest BCUT2D eigenvalue weighted by atomic mass is 16.4. The highest BCUT2D eigenvalue weighted by Crippen LogP contribution is 2.14. The summed E-state index contributed by atoms with van der Waals surface area (Å²) >= 11 is 0. The number of aliphatic hydroxyl groups is 1. The van der Waals surface area contributed by atoms with Crippen LogP contribution in [0, 0.1) is 0 Å². The van der Waals surface area contributed by atoms with E-state index in [1.165, 1.54) is 0 Å². The quantitative estimate of drug-likeness (QED) is 0.354. The first-order valence-corrected chi connectivity index (χ1v) is 6.34. The first-order chi connectivity index (χ1) is 9.97. The van der Waals surface area contributed by atoms with Gasteiger partial charge in [0.15, 0.2) is 11.8 Å². The fourth-order valence-electron chi connectivity index (χ4n) is 1.80. The molecule has 0 aliphatic heterocycles. The molecule has 0 spiro atoms. The number of nitrogens with one attached hydrogen (secondary N) is 1. The molecule has 2 unspecified atom stereocenters. The third-order valence-electron chi connectivity index (χ3n) is 3.02. The van der Waals surface area contributed by atoms with Crippen LogP contribution in [-0.4, -0.2) is 40.5 Å². The highest BCUT2D eigenvalue weighted by Gasteiger charge is 2.28. The zero-order chi connectivity index (χ0) is 15.8. The standard InChI is InChI=1S/C15H17NO5/c1-10(14(19)13(15(20)21)16-9-17)7-8-12(18)11-5-3-2-4-6-11/h2-6,9,13-14,19H,1,7-8H2,(H,16,17)(H,20,21). The molecule has 0 aromatic heterocycles. The van der Waals surface area contributed by atoms with E-state index in [0.29, 0.717) is 5.56 Å². The van der Waals surface area contributed by atoms with E-state index >= 15 is 0 Å². The molecule has 2 atom stereocenters. The molecule has 0 aliphatic rings. The van der Waals surface area contributed by atoms with Crippen LogP contribution in [0.15, 0.2) is 42.5 Å². The summed E-state index contributed by atoms with van der Waals surface area (Å²) in [6.45, 7) is 3.58.